The molecule has 5 atom stereocenters. The molecule has 2 aromatic rings. The molecule has 0 radical (unpaired) electrons. The molecule has 0 fully saturated rings. The Morgan fingerprint density at radius 3 is 1.95 bits per heavy atom. The fraction of sp³-hybridized carbons (Fsp3) is 0.718. The van der Waals surface area contributed by atoms with Crippen LogP contribution in [0.1, 0.15) is 175 Å². The first-order valence-corrected chi connectivity index (χ1v) is 16.9. The number of fused-ring (bicyclic) bond motifs is 5. The summed E-state index contributed by atoms with van der Waals surface area (Å²) in [7, 11) is 0. The predicted octanol–water partition coefficient (Wildman–Crippen LogP) is 10.8. The molecular formula is C39H60N+. The van der Waals surface area contributed by atoms with Gasteiger partial charge in [0.1, 0.15) is 0 Å². The number of nitrogens with zero attached hydrogens (tertiary/aromatic N) is 1. The summed E-state index contributed by atoms with van der Waals surface area (Å²) in [5, 5.41) is 0. The van der Waals surface area contributed by atoms with Crippen LogP contribution in [0.3, 0.4) is 0 Å². The second-order valence-electron chi connectivity index (χ2n) is 16.1. The highest BCUT2D eigenvalue weighted by molar-refractivity contribution is 5.71. The first-order chi connectivity index (χ1) is 18.6. The maximum Gasteiger partial charge on any atom is 0.213 e. The molecule has 1 aromatic carbocycles. The van der Waals surface area contributed by atoms with Crippen LogP contribution in [0.2, 0.25) is 0 Å². The molecule has 2 aliphatic carbocycles. The van der Waals surface area contributed by atoms with Gasteiger partial charge in [-0.15, -0.1) is 0 Å². The van der Waals surface area contributed by atoms with Crippen molar-refractivity contribution in [1.82, 2.24) is 0 Å². The van der Waals surface area contributed by atoms with Crippen LogP contribution in [-0.4, -0.2) is 0 Å². The van der Waals surface area contributed by atoms with Crippen molar-refractivity contribution in [2.75, 3.05) is 0 Å². The minimum atomic E-state index is 0.0294. The van der Waals surface area contributed by atoms with Crippen molar-refractivity contribution < 1.29 is 4.57 Å². The smallest absolute Gasteiger partial charge is 0.192 e. The van der Waals surface area contributed by atoms with Crippen LogP contribution in [0, 0.1) is 11.3 Å². The summed E-state index contributed by atoms with van der Waals surface area (Å²) in [5.74, 6) is 2.13. The first-order valence-electron chi connectivity index (χ1n) is 16.9. The Bertz CT molecular complexity index is 1310. The number of hydrogen-bond donors (Lipinski definition) is 0. The molecule has 0 saturated heterocycles. The maximum atomic E-state index is 2.78. The van der Waals surface area contributed by atoms with Crippen molar-refractivity contribution in [3.8, 4) is 11.3 Å². The van der Waals surface area contributed by atoms with E-state index in [9.17, 15) is 0 Å². The molecule has 5 unspecified atom stereocenters. The van der Waals surface area contributed by atoms with Gasteiger partial charge in [-0.25, -0.2) is 0 Å². The average Bonchev–Trinajstić information content (AvgIpc) is 3.02. The average molecular weight is 543 g/mol. The van der Waals surface area contributed by atoms with Crippen molar-refractivity contribution in [3.05, 3.63) is 52.2 Å². The highest BCUT2D eigenvalue weighted by atomic mass is 15.1. The fourth-order valence-electron chi connectivity index (χ4n) is 9.71. The Balaban J connectivity index is 1.85. The second kappa shape index (κ2) is 9.44. The van der Waals surface area contributed by atoms with Gasteiger partial charge in [-0.1, -0.05) is 95.1 Å². The number of unbranched alkanes of at least 4 members (excludes halogenated alkanes) is 1. The van der Waals surface area contributed by atoms with Gasteiger partial charge in [-0.2, -0.15) is 4.57 Å². The standard InChI is InChI=1S/C39H60N/c1-14-18-19-26-20-25(5)30-24-40-34(22-28(30)27(26)15-2)29-21-32-33(36(8,9)37(10,11)35(32,6)7)23-31(29)38(12,16-3)39(40,13)17-4/h21-27H,14-20H2,1-13H3/q+1. The molecule has 0 amide bonds. The summed E-state index contributed by atoms with van der Waals surface area (Å²) in [4.78, 5) is 0. The zero-order chi connectivity index (χ0) is 29.6. The molecule has 0 saturated carbocycles. The monoisotopic (exact) mass is 542 g/mol. The topological polar surface area (TPSA) is 3.88 Å². The van der Waals surface area contributed by atoms with Gasteiger partial charge in [-0.3, -0.25) is 0 Å². The number of hydrogen-bond acceptors (Lipinski definition) is 0. The van der Waals surface area contributed by atoms with E-state index in [2.05, 4.69) is 119 Å². The van der Waals surface area contributed by atoms with E-state index < -0.39 is 0 Å². The van der Waals surface area contributed by atoms with Gasteiger partial charge in [0.25, 0.3) is 0 Å². The van der Waals surface area contributed by atoms with Crippen LogP contribution in [-0.2, 0) is 21.8 Å². The summed E-state index contributed by atoms with van der Waals surface area (Å²) < 4.78 is 2.78. The maximum absolute atomic E-state index is 2.78. The third-order valence-electron chi connectivity index (χ3n) is 14.3. The van der Waals surface area contributed by atoms with Crippen LogP contribution in [0.5, 0.6) is 0 Å². The second-order valence-corrected chi connectivity index (χ2v) is 16.1. The Morgan fingerprint density at radius 1 is 0.775 bits per heavy atom. The van der Waals surface area contributed by atoms with Crippen molar-refractivity contribution in [2.24, 2.45) is 11.3 Å². The lowest BCUT2D eigenvalue weighted by Crippen LogP contribution is -2.67. The number of pyridine rings is 1. The Morgan fingerprint density at radius 2 is 1.40 bits per heavy atom. The number of benzene rings is 1. The lowest BCUT2D eigenvalue weighted by molar-refractivity contribution is -0.765. The van der Waals surface area contributed by atoms with Crippen LogP contribution in [0.25, 0.3) is 11.3 Å². The van der Waals surface area contributed by atoms with Gasteiger partial charge in [0.05, 0.1) is 11.0 Å². The van der Waals surface area contributed by atoms with Crippen molar-refractivity contribution in [2.45, 2.75) is 169 Å². The third-order valence-corrected chi connectivity index (χ3v) is 14.3. The minimum absolute atomic E-state index is 0.0294. The van der Waals surface area contributed by atoms with Gasteiger partial charge in [0.15, 0.2) is 11.7 Å². The van der Waals surface area contributed by atoms with E-state index >= 15 is 0 Å². The minimum Gasteiger partial charge on any atom is -0.192 e. The summed E-state index contributed by atoms with van der Waals surface area (Å²) in [6.45, 7) is 32.3. The van der Waals surface area contributed by atoms with Crippen LogP contribution in [0.15, 0.2) is 24.4 Å². The molecular weight excluding hydrogens is 482 g/mol. The zero-order valence-electron chi connectivity index (χ0n) is 28.4. The predicted molar refractivity (Wildman–Crippen MR) is 173 cm³/mol. The van der Waals surface area contributed by atoms with Crippen molar-refractivity contribution in [3.63, 3.8) is 0 Å². The van der Waals surface area contributed by atoms with Gasteiger partial charge < -0.3 is 0 Å². The largest absolute Gasteiger partial charge is 0.213 e. The molecule has 3 aliphatic rings. The summed E-state index contributed by atoms with van der Waals surface area (Å²) in [6.07, 6.45) is 11.6. The third kappa shape index (κ3) is 3.54. The van der Waals surface area contributed by atoms with E-state index in [0.29, 0.717) is 11.8 Å². The van der Waals surface area contributed by atoms with E-state index in [4.69, 9.17) is 0 Å². The fourth-order valence-corrected chi connectivity index (χ4v) is 9.71. The summed E-state index contributed by atoms with van der Waals surface area (Å²) in [6, 6.07) is 8.07. The molecule has 0 N–H and O–H groups in total. The molecule has 1 nitrogen and oxygen atoms in total. The highest BCUT2D eigenvalue weighted by Gasteiger charge is 2.61. The van der Waals surface area contributed by atoms with Crippen LogP contribution in [0.4, 0.5) is 0 Å². The normalized spacial score (nSPS) is 32.7. The number of aromatic nitrogens is 1. The Labute approximate surface area is 247 Å². The highest BCUT2D eigenvalue weighted by Crippen LogP contribution is 2.64. The SMILES string of the molecule is CCCCC1CC(C)c2c[n+]3c(cc2C1CC)-c1cc2c(cc1C(C)(CC)C3(C)CC)C(C)(C)C(C)(C)C2(C)C. The van der Waals surface area contributed by atoms with Gasteiger partial charge in [0.2, 0.25) is 5.69 Å². The van der Waals surface area contributed by atoms with Gasteiger partial charge >= 0.3 is 0 Å². The van der Waals surface area contributed by atoms with Gasteiger partial charge in [0, 0.05) is 25.0 Å². The molecule has 2 heterocycles. The van der Waals surface area contributed by atoms with Crippen molar-refractivity contribution in [1.29, 1.82) is 0 Å². The lowest BCUT2D eigenvalue weighted by atomic mass is 9.59. The Hall–Kier alpha value is -1.63. The summed E-state index contributed by atoms with van der Waals surface area (Å²) in [5.41, 5.74) is 11.5. The molecule has 1 heteroatoms. The van der Waals surface area contributed by atoms with E-state index in [1.807, 2.05) is 0 Å². The van der Waals surface area contributed by atoms with Crippen molar-refractivity contribution >= 4 is 0 Å². The van der Waals surface area contributed by atoms with E-state index in [1.54, 1.807) is 27.8 Å². The van der Waals surface area contributed by atoms with E-state index in [0.717, 1.165) is 18.8 Å². The molecule has 220 valence electrons. The zero-order valence-corrected chi connectivity index (χ0v) is 28.4. The quantitative estimate of drug-likeness (QED) is 0.320. The summed E-state index contributed by atoms with van der Waals surface area (Å²) >= 11 is 0. The van der Waals surface area contributed by atoms with Crippen LogP contribution < -0.4 is 4.57 Å². The van der Waals surface area contributed by atoms with Gasteiger partial charge in [-0.05, 0) is 94.9 Å². The molecule has 5 rings (SSSR count). The lowest BCUT2D eigenvalue weighted by Gasteiger charge is -2.47. The molecule has 0 bridgehead atoms. The Kier molecular flexibility index (Phi) is 7.04. The number of rotatable bonds is 6. The molecule has 0 spiro atoms. The molecule has 1 aromatic heterocycles. The van der Waals surface area contributed by atoms with Crippen LogP contribution >= 0.6 is 0 Å². The van der Waals surface area contributed by atoms with E-state index in [-0.39, 0.29) is 27.2 Å². The molecule has 1 aliphatic heterocycles. The van der Waals surface area contributed by atoms with E-state index in [1.165, 1.54) is 43.4 Å². The first kappa shape index (κ1) is 29.8. The molecule has 40 heavy (non-hydrogen) atoms.